The van der Waals surface area contributed by atoms with E-state index in [2.05, 4.69) is 30.8 Å². The first kappa shape index (κ1) is 18.5. The summed E-state index contributed by atoms with van der Waals surface area (Å²) in [6.45, 7) is 5.18. The first-order valence-electron chi connectivity index (χ1n) is 9.46. The van der Waals surface area contributed by atoms with Gasteiger partial charge in [-0.05, 0) is 62.4 Å². The minimum atomic E-state index is 0.458. The number of hydrogen-bond donors (Lipinski definition) is 3. The molecule has 8 heteroatoms. The summed E-state index contributed by atoms with van der Waals surface area (Å²) in [5.74, 6) is 2.76. The summed E-state index contributed by atoms with van der Waals surface area (Å²) in [6, 6.07) is 15.4. The van der Waals surface area contributed by atoms with Crippen molar-refractivity contribution in [2.24, 2.45) is 0 Å². The minimum Gasteiger partial charge on any atom is -0.494 e. The number of benzene rings is 2. The van der Waals surface area contributed by atoms with Crippen LogP contribution in [-0.4, -0.2) is 33.4 Å². The molecular formula is C21H22N6O2. The molecule has 0 radical (unpaired) electrons. The van der Waals surface area contributed by atoms with Crippen LogP contribution in [-0.2, 0) is 0 Å². The molecule has 0 spiro atoms. The monoisotopic (exact) mass is 390 g/mol. The largest absolute Gasteiger partial charge is 0.494 e. The van der Waals surface area contributed by atoms with E-state index in [1.165, 1.54) is 0 Å². The number of nitrogens with one attached hydrogen (secondary N) is 3. The molecule has 3 N–H and O–H groups in total. The molecule has 0 saturated carbocycles. The van der Waals surface area contributed by atoms with Crippen molar-refractivity contribution in [3.8, 4) is 11.5 Å². The standard InChI is InChI=1S/C21H22N6O2/c1-3-28-16-9-5-14(6-10-16)23-19-18-13-22-27-20(18)26-21(25-19)24-15-7-11-17(12-8-15)29-4-2/h5-13H,3-4H2,1-2H3,(H3,22,23,24,25,26,27). The number of ether oxygens (including phenoxy) is 2. The van der Waals surface area contributed by atoms with Gasteiger partial charge in [-0.15, -0.1) is 0 Å². The summed E-state index contributed by atoms with van der Waals surface area (Å²) in [5, 5.41) is 14.3. The van der Waals surface area contributed by atoms with Gasteiger partial charge in [0, 0.05) is 11.4 Å². The van der Waals surface area contributed by atoms with Crippen LogP contribution in [0.3, 0.4) is 0 Å². The van der Waals surface area contributed by atoms with Crippen molar-refractivity contribution < 1.29 is 9.47 Å². The molecule has 0 aliphatic heterocycles. The van der Waals surface area contributed by atoms with Gasteiger partial charge in [0.15, 0.2) is 5.65 Å². The smallest absolute Gasteiger partial charge is 0.231 e. The van der Waals surface area contributed by atoms with E-state index in [9.17, 15) is 0 Å². The topological polar surface area (TPSA) is 97.0 Å². The number of H-pyrrole nitrogens is 1. The molecule has 29 heavy (non-hydrogen) atoms. The summed E-state index contributed by atoms with van der Waals surface area (Å²) in [5.41, 5.74) is 2.39. The maximum absolute atomic E-state index is 5.49. The Hall–Kier alpha value is -3.81. The molecule has 0 saturated heterocycles. The Morgan fingerprint density at radius 2 is 1.38 bits per heavy atom. The second kappa shape index (κ2) is 8.47. The third-order valence-corrected chi connectivity index (χ3v) is 4.16. The van der Waals surface area contributed by atoms with Gasteiger partial charge in [0.05, 0.1) is 24.8 Å². The Kier molecular flexibility index (Phi) is 5.42. The maximum Gasteiger partial charge on any atom is 0.231 e. The quantitative estimate of drug-likeness (QED) is 0.403. The Balaban J connectivity index is 1.58. The average Bonchev–Trinajstić information content (AvgIpc) is 3.20. The predicted molar refractivity (Wildman–Crippen MR) is 113 cm³/mol. The first-order chi connectivity index (χ1) is 14.2. The van der Waals surface area contributed by atoms with Crippen molar-refractivity contribution in [1.29, 1.82) is 0 Å². The Morgan fingerprint density at radius 3 is 1.97 bits per heavy atom. The number of nitrogens with zero attached hydrogens (tertiary/aromatic N) is 3. The van der Waals surface area contributed by atoms with Crippen LogP contribution in [0.25, 0.3) is 11.0 Å². The van der Waals surface area contributed by atoms with Crippen molar-refractivity contribution in [3.05, 3.63) is 54.7 Å². The molecule has 0 unspecified atom stereocenters. The van der Waals surface area contributed by atoms with Gasteiger partial charge in [-0.3, -0.25) is 5.10 Å². The number of aromatic amines is 1. The lowest BCUT2D eigenvalue weighted by Crippen LogP contribution is -2.02. The summed E-state index contributed by atoms with van der Waals surface area (Å²) >= 11 is 0. The second-order valence-corrected chi connectivity index (χ2v) is 6.19. The highest BCUT2D eigenvalue weighted by Gasteiger charge is 2.10. The lowest BCUT2D eigenvalue weighted by atomic mass is 10.3. The normalized spacial score (nSPS) is 10.7. The molecule has 8 nitrogen and oxygen atoms in total. The Morgan fingerprint density at radius 1 is 0.793 bits per heavy atom. The van der Waals surface area contributed by atoms with E-state index in [1.54, 1.807) is 6.20 Å². The third-order valence-electron chi connectivity index (χ3n) is 4.16. The molecule has 148 valence electrons. The van der Waals surface area contributed by atoms with Gasteiger partial charge in [0.25, 0.3) is 0 Å². The van der Waals surface area contributed by atoms with Crippen molar-refractivity contribution in [2.75, 3.05) is 23.8 Å². The molecule has 0 amide bonds. The number of rotatable bonds is 8. The van der Waals surface area contributed by atoms with E-state index >= 15 is 0 Å². The van der Waals surface area contributed by atoms with Crippen molar-refractivity contribution in [1.82, 2.24) is 20.2 Å². The Bertz CT molecular complexity index is 1080. The zero-order chi connectivity index (χ0) is 20.1. The van der Waals surface area contributed by atoms with Gasteiger partial charge < -0.3 is 20.1 Å². The molecule has 0 bridgehead atoms. The Labute approximate surface area is 168 Å². The van der Waals surface area contributed by atoms with Crippen LogP contribution in [0.2, 0.25) is 0 Å². The van der Waals surface area contributed by atoms with E-state index in [1.807, 2.05) is 62.4 Å². The van der Waals surface area contributed by atoms with Gasteiger partial charge in [-0.25, -0.2) is 0 Å². The molecule has 0 aliphatic carbocycles. The van der Waals surface area contributed by atoms with Crippen molar-refractivity contribution in [2.45, 2.75) is 13.8 Å². The highest BCUT2D eigenvalue weighted by atomic mass is 16.5. The molecule has 2 heterocycles. The van der Waals surface area contributed by atoms with Crippen LogP contribution in [0.1, 0.15) is 13.8 Å². The molecule has 2 aromatic carbocycles. The van der Waals surface area contributed by atoms with Crippen molar-refractivity contribution >= 4 is 34.2 Å². The summed E-state index contributed by atoms with van der Waals surface area (Å²) < 4.78 is 11.0. The summed E-state index contributed by atoms with van der Waals surface area (Å²) in [7, 11) is 0. The van der Waals surface area contributed by atoms with Gasteiger partial charge in [0.1, 0.15) is 17.3 Å². The van der Waals surface area contributed by atoms with E-state index < -0.39 is 0 Å². The average molecular weight is 390 g/mol. The fourth-order valence-corrected chi connectivity index (χ4v) is 2.85. The van der Waals surface area contributed by atoms with E-state index in [-0.39, 0.29) is 0 Å². The van der Waals surface area contributed by atoms with Gasteiger partial charge in [-0.1, -0.05) is 0 Å². The molecule has 0 atom stereocenters. The van der Waals surface area contributed by atoms with Crippen LogP contribution in [0.15, 0.2) is 54.7 Å². The molecule has 4 aromatic rings. The van der Waals surface area contributed by atoms with Crippen LogP contribution in [0, 0.1) is 0 Å². The van der Waals surface area contributed by atoms with E-state index in [0.29, 0.717) is 30.6 Å². The fraction of sp³-hybridized carbons (Fsp3) is 0.190. The zero-order valence-electron chi connectivity index (χ0n) is 16.3. The number of aromatic nitrogens is 4. The fourth-order valence-electron chi connectivity index (χ4n) is 2.85. The second-order valence-electron chi connectivity index (χ2n) is 6.19. The SMILES string of the molecule is CCOc1ccc(Nc2nc(Nc3ccc(OCC)cc3)c3cn[nH]c3n2)cc1. The van der Waals surface area contributed by atoms with Crippen LogP contribution in [0.5, 0.6) is 11.5 Å². The lowest BCUT2D eigenvalue weighted by molar-refractivity contribution is 0.340. The van der Waals surface area contributed by atoms with Gasteiger partial charge in [-0.2, -0.15) is 15.1 Å². The minimum absolute atomic E-state index is 0.458. The highest BCUT2D eigenvalue weighted by Crippen LogP contribution is 2.26. The number of hydrogen-bond acceptors (Lipinski definition) is 7. The predicted octanol–water partition coefficient (Wildman–Crippen LogP) is 4.64. The summed E-state index contributed by atoms with van der Waals surface area (Å²) in [6.07, 6.45) is 1.70. The summed E-state index contributed by atoms with van der Waals surface area (Å²) in [4.78, 5) is 9.12. The molecule has 4 rings (SSSR count). The highest BCUT2D eigenvalue weighted by molar-refractivity contribution is 5.89. The third kappa shape index (κ3) is 4.37. The molecule has 0 fully saturated rings. The molecule has 2 aromatic heterocycles. The lowest BCUT2D eigenvalue weighted by Gasteiger charge is -2.11. The van der Waals surface area contributed by atoms with Crippen molar-refractivity contribution in [3.63, 3.8) is 0 Å². The molecular weight excluding hydrogens is 368 g/mol. The van der Waals surface area contributed by atoms with Crippen LogP contribution < -0.4 is 20.1 Å². The van der Waals surface area contributed by atoms with E-state index in [0.717, 1.165) is 28.3 Å². The number of anilines is 4. The van der Waals surface area contributed by atoms with Crippen LogP contribution >= 0.6 is 0 Å². The van der Waals surface area contributed by atoms with Gasteiger partial charge in [0.2, 0.25) is 5.95 Å². The van der Waals surface area contributed by atoms with Crippen LogP contribution in [0.4, 0.5) is 23.1 Å². The zero-order valence-corrected chi connectivity index (χ0v) is 16.3. The first-order valence-corrected chi connectivity index (χ1v) is 9.46. The molecule has 0 aliphatic rings. The number of fused-ring (bicyclic) bond motifs is 1. The van der Waals surface area contributed by atoms with E-state index in [4.69, 9.17) is 9.47 Å². The maximum atomic E-state index is 5.49. The van der Waals surface area contributed by atoms with Gasteiger partial charge >= 0.3 is 0 Å².